The quantitative estimate of drug-likeness (QED) is 0.664. The number of aromatic nitrogens is 2. The number of nitrogens with one attached hydrogen (secondary N) is 1. The molecule has 122 valence electrons. The Kier molecular flexibility index (Phi) is 4.20. The van der Waals surface area contributed by atoms with Crippen molar-refractivity contribution in [1.29, 1.82) is 0 Å². The van der Waals surface area contributed by atoms with Crippen LogP contribution in [0.25, 0.3) is 0 Å². The molecule has 0 radical (unpaired) electrons. The minimum absolute atomic E-state index is 0.0418. The number of hydrogen-bond donors (Lipinski definition) is 1. The van der Waals surface area contributed by atoms with Crippen molar-refractivity contribution in [3.63, 3.8) is 0 Å². The van der Waals surface area contributed by atoms with E-state index in [0.29, 0.717) is 24.3 Å². The van der Waals surface area contributed by atoms with Gasteiger partial charge < -0.3 is 4.98 Å². The molecule has 0 aliphatic carbocycles. The summed E-state index contributed by atoms with van der Waals surface area (Å²) in [6.07, 6.45) is -2.36. The maximum absolute atomic E-state index is 14.1. The fraction of sp³-hybridized carbons (Fsp3) is 0.333. The topological polar surface area (TPSA) is 31.9 Å². The number of benzene rings is 1. The molecule has 0 spiro atoms. The average molecular weight is 343 g/mol. The third kappa shape index (κ3) is 3.42. The molecule has 1 aliphatic rings. The number of halogens is 4. The van der Waals surface area contributed by atoms with Gasteiger partial charge in [-0.1, -0.05) is 12.1 Å². The zero-order chi connectivity index (χ0) is 16.6. The highest BCUT2D eigenvalue weighted by Gasteiger charge is 2.35. The van der Waals surface area contributed by atoms with Gasteiger partial charge in [-0.2, -0.15) is 13.2 Å². The summed E-state index contributed by atoms with van der Waals surface area (Å²) in [6.45, 7) is 1.22. The minimum Gasteiger partial charge on any atom is -0.334 e. The Morgan fingerprint density at radius 2 is 2.09 bits per heavy atom. The van der Waals surface area contributed by atoms with E-state index < -0.39 is 17.6 Å². The lowest BCUT2D eigenvalue weighted by atomic mass is 10.0. The second-order valence-corrected chi connectivity index (χ2v) is 5.82. The summed E-state index contributed by atoms with van der Waals surface area (Å²) in [5.41, 5.74) is 0.723. The van der Waals surface area contributed by atoms with E-state index in [1.807, 2.05) is 4.90 Å². The Bertz CT molecular complexity index is 785. The third-order valence-electron chi connectivity index (χ3n) is 3.83. The lowest BCUT2D eigenvalue weighted by molar-refractivity contribution is -0.140. The van der Waals surface area contributed by atoms with Crippen LogP contribution in [0.1, 0.15) is 22.4 Å². The van der Waals surface area contributed by atoms with Gasteiger partial charge in [0.15, 0.2) is 4.77 Å². The van der Waals surface area contributed by atoms with Gasteiger partial charge in [-0.3, -0.25) is 4.90 Å². The first-order valence-corrected chi connectivity index (χ1v) is 7.39. The van der Waals surface area contributed by atoms with Crippen LogP contribution in [0.5, 0.6) is 0 Å². The number of aromatic amines is 1. The van der Waals surface area contributed by atoms with E-state index in [9.17, 15) is 17.6 Å². The van der Waals surface area contributed by atoms with Crippen molar-refractivity contribution in [2.75, 3.05) is 6.54 Å². The molecule has 2 heterocycles. The van der Waals surface area contributed by atoms with Gasteiger partial charge in [-0.15, -0.1) is 0 Å². The summed E-state index contributed by atoms with van der Waals surface area (Å²) in [6, 6.07) is 3.38. The van der Waals surface area contributed by atoms with Crippen LogP contribution in [0.15, 0.2) is 24.4 Å². The Morgan fingerprint density at radius 1 is 1.30 bits per heavy atom. The largest absolute Gasteiger partial charge is 0.419 e. The molecule has 23 heavy (non-hydrogen) atoms. The van der Waals surface area contributed by atoms with Crippen molar-refractivity contribution in [2.45, 2.75) is 25.7 Å². The molecular weight excluding hydrogens is 330 g/mol. The summed E-state index contributed by atoms with van der Waals surface area (Å²) >= 11 is 4.96. The number of alkyl halides is 3. The minimum atomic E-state index is -4.69. The van der Waals surface area contributed by atoms with Crippen molar-refractivity contribution in [2.24, 2.45) is 0 Å². The first kappa shape index (κ1) is 16.1. The zero-order valence-electron chi connectivity index (χ0n) is 12.0. The van der Waals surface area contributed by atoms with Crippen molar-refractivity contribution in [1.82, 2.24) is 14.9 Å². The molecule has 1 aliphatic heterocycles. The highest BCUT2D eigenvalue weighted by molar-refractivity contribution is 7.71. The molecule has 0 amide bonds. The van der Waals surface area contributed by atoms with Crippen LogP contribution >= 0.6 is 12.2 Å². The van der Waals surface area contributed by atoms with Crippen LogP contribution in [-0.4, -0.2) is 21.4 Å². The molecule has 0 fully saturated rings. The Balaban J connectivity index is 1.81. The predicted molar refractivity (Wildman–Crippen MR) is 78.6 cm³/mol. The SMILES string of the molecule is Fc1c(CN2CCc3[nH]c(=S)ncc3C2)cccc1C(F)(F)F. The smallest absolute Gasteiger partial charge is 0.334 e. The van der Waals surface area contributed by atoms with E-state index in [0.717, 1.165) is 17.3 Å². The number of hydrogen-bond acceptors (Lipinski definition) is 3. The molecule has 0 bridgehead atoms. The summed E-state index contributed by atoms with van der Waals surface area (Å²) < 4.78 is 52.8. The molecule has 1 aromatic carbocycles. The normalized spacial score (nSPS) is 15.5. The van der Waals surface area contributed by atoms with Gasteiger partial charge in [-0.05, 0) is 18.3 Å². The van der Waals surface area contributed by atoms with Crippen LogP contribution in [0.2, 0.25) is 0 Å². The van der Waals surface area contributed by atoms with Gasteiger partial charge in [0, 0.05) is 49.1 Å². The number of nitrogens with zero attached hydrogens (tertiary/aromatic N) is 2. The molecule has 0 unspecified atom stereocenters. The summed E-state index contributed by atoms with van der Waals surface area (Å²) in [5, 5.41) is 0. The van der Waals surface area contributed by atoms with Gasteiger partial charge in [-0.25, -0.2) is 9.37 Å². The van der Waals surface area contributed by atoms with Gasteiger partial charge in [0.25, 0.3) is 0 Å². The lowest BCUT2D eigenvalue weighted by Gasteiger charge is -2.28. The molecule has 8 heteroatoms. The van der Waals surface area contributed by atoms with Crippen molar-refractivity contribution < 1.29 is 17.6 Å². The Labute approximate surface area is 135 Å². The molecule has 1 aromatic heterocycles. The van der Waals surface area contributed by atoms with Crippen molar-refractivity contribution >= 4 is 12.2 Å². The molecule has 1 N–H and O–H groups in total. The first-order chi connectivity index (χ1) is 10.8. The summed E-state index contributed by atoms with van der Waals surface area (Å²) in [4.78, 5) is 8.90. The highest BCUT2D eigenvalue weighted by Crippen LogP contribution is 2.33. The van der Waals surface area contributed by atoms with Crippen LogP contribution in [0, 0.1) is 10.6 Å². The standard InChI is InChI=1S/C15H13F4N3S/c16-13-9(2-1-3-11(13)15(17,18)19)7-22-5-4-12-10(8-22)6-20-14(23)21-12/h1-3,6H,4-5,7-8H2,(H,20,21,23). The summed E-state index contributed by atoms with van der Waals surface area (Å²) in [5.74, 6) is -1.20. The van der Waals surface area contributed by atoms with Crippen LogP contribution < -0.4 is 0 Å². The molecule has 2 aromatic rings. The Hall–Kier alpha value is -1.80. The lowest BCUT2D eigenvalue weighted by Crippen LogP contribution is -2.31. The third-order valence-corrected chi connectivity index (χ3v) is 4.04. The van der Waals surface area contributed by atoms with Crippen molar-refractivity contribution in [3.8, 4) is 0 Å². The molecule has 0 saturated carbocycles. The van der Waals surface area contributed by atoms with E-state index >= 15 is 0 Å². The van der Waals surface area contributed by atoms with E-state index in [1.165, 1.54) is 12.1 Å². The van der Waals surface area contributed by atoms with Gasteiger partial charge in [0.05, 0.1) is 5.56 Å². The van der Waals surface area contributed by atoms with Gasteiger partial charge in [0.1, 0.15) is 5.82 Å². The van der Waals surface area contributed by atoms with Crippen LogP contribution in [0.3, 0.4) is 0 Å². The predicted octanol–water partition coefficient (Wildman–Crippen LogP) is 3.86. The van der Waals surface area contributed by atoms with Crippen molar-refractivity contribution in [3.05, 3.63) is 57.4 Å². The number of fused-ring (bicyclic) bond motifs is 1. The monoisotopic (exact) mass is 343 g/mol. The number of rotatable bonds is 2. The maximum Gasteiger partial charge on any atom is 0.419 e. The van der Waals surface area contributed by atoms with E-state index in [1.54, 1.807) is 6.20 Å². The van der Waals surface area contributed by atoms with Crippen LogP contribution in [0.4, 0.5) is 17.6 Å². The Morgan fingerprint density at radius 3 is 2.83 bits per heavy atom. The van der Waals surface area contributed by atoms with E-state index in [4.69, 9.17) is 12.2 Å². The van der Waals surface area contributed by atoms with Crippen LogP contribution in [-0.2, 0) is 25.7 Å². The van der Waals surface area contributed by atoms with Gasteiger partial charge in [0.2, 0.25) is 0 Å². The highest BCUT2D eigenvalue weighted by atomic mass is 32.1. The fourth-order valence-corrected chi connectivity index (χ4v) is 2.88. The summed E-state index contributed by atoms with van der Waals surface area (Å²) in [7, 11) is 0. The van der Waals surface area contributed by atoms with E-state index in [2.05, 4.69) is 9.97 Å². The first-order valence-electron chi connectivity index (χ1n) is 6.98. The average Bonchev–Trinajstić information content (AvgIpc) is 2.48. The number of H-pyrrole nitrogens is 1. The molecule has 0 atom stereocenters. The molecule has 3 rings (SSSR count). The maximum atomic E-state index is 14.1. The van der Waals surface area contributed by atoms with Gasteiger partial charge >= 0.3 is 6.18 Å². The zero-order valence-corrected chi connectivity index (χ0v) is 12.8. The molecule has 0 saturated heterocycles. The molecular formula is C15H13F4N3S. The second-order valence-electron chi connectivity index (χ2n) is 5.43. The molecule has 3 nitrogen and oxygen atoms in total. The van der Waals surface area contributed by atoms with E-state index in [-0.39, 0.29) is 12.1 Å². The fourth-order valence-electron chi connectivity index (χ4n) is 2.70. The second kappa shape index (κ2) is 6.01.